The topological polar surface area (TPSA) is 70.8 Å². The monoisotopic (exact) mass is 219 g/mol. The molecule has 0 aliphatic rings. The molecule has 0 aromatic carbocycles. The lowest BCUT2D eigenvalue weighted by atomic mass is 9.84. The van der Waals surface area contributed by atoms with Crippen molar-refractivity contribution in [1.29, 1.82) is 0 Å². The fourth-order valence-electron chi connectivity index (χ4n) is 1.28. The molecule has 0 heterocycles. The normalized spacial score (nSPS) is 15.5. The summed E-state index contributed by atoms with van der Waals surface area (Å²) < 4.78 is 14.8. The fraction of sp³-hybridized carbons (Fsp3) is 0.900. The van der Waals surface area contributed by atoms with Crippen molar-refractivity contribution in [3.8, 4) is 0 Å². The first-order chi connectivity index (χ1) is 6.92. The van der Waals surface area contributed by atoms with Crippen LogP contribution < -0.4 is 5.73 Å². The Kier molecular flexibility index (Phi) is 5.79. The molecule has 0 spiro atoms. The number of nitrogens with two attached hydrogens (primary N) is 1. The predicted molar refractivity (Wildman–Crippen MR) is 56.2 cm³/mol. The molecule has 0 aliphatic heterocycles. The van der Waals surface area contributed by atoms with Crippen molar-refractivity contribution in [3.05, 3.63) is 0 Å². The lowest BCUT2D eigenvalue weighted by molar-refractivity contribution is -0.159. The molecule has 5 heteroatoms. The highest BCUT2D eigenvalue weighted by atomic mass is 16.7. The Hall–Kier alpha value is -0.650. The van der Waals surface area contributed by atoms with Crippen LogP contribution in [0, 0.1) is 5.92 Å². The van der Waals surface area contributed by atoms with Gasteiger partial charge in [0.1, 0.15) is 5.54 Å². The molecule has 0 bridgehead atoms. The number of ether oxygens (including phenoxy) is 3. The van der Waals surface area contributed by atoms with Gasteiger partial charge in [0.15, 0.2) is 6.29 Å². The van der Waals surface area contributed by atoms with Gasteiger partial charge < -0.3 is 19.9 Å². The average Bonchev–Trinajstić information content (AvgIpc) is 2.23. The standard InChI is InChI=1S/C10H21NO4/c1-7(2)10(11,9(12)15-5)6-8(13-3)14-4/h7-8H,6,11H2,1-5H3/t10-/m0/s1. The third kappa shape index (κ3) is 3.44. The summed E-state index contributed by atoms with van der Waals surface area (Å²) in [5.41, 5.74) is 4.93. The lowest BCUT2D eigenvalue weighted by Crippen LogP contribution is -2.55. The molecule has 0 rings (SSSR count). The van der Waals surface area contributed by atoms with Crippen LogP contribution in [-0.4, -0.2) is 39.1 Å². The quantitative estimate of drug-likeness (QED) is 0.521. The molecule has 2 N–H and O–H groups in total. The molecular formula is C10H21NO4. The van der Waals surface area contributed by atoms with Crippen LogP contribution >= 0.6 is 0 Å². The first-order valence-corrected chi connectivity index (χ1v) is 4.85. The maximum Gasteiger partial charge on any atom is 0.326 e. The molecule has 0 saturated heterocycles. The van der Waals surface area contributed by atoms with Crippen LogP contribution in [0.25, 0.3) is 0 Å². The minimum absolute atomic E-state index is 0.0576. The van der Waals surface area contributed by atoms with E-state index in [1.165, 1.54) is 21.3 Å². The molecular weight excluding hydrogens is 198 g/mol. The summed E-state index contributed by atoms with van der Waals surface area (Å²) in [5.74, 6) is -0.505. The van der Waals surface area contributed by atoms with E-state index in [4.69, 9.17) is 19.9 Å². The summed E-state index contributed by atoms with van der Waals surface area (Å²) in [6.07, 6.45) is -0.235. The SMILES string of the molecule is COC(=O)[C@](N)(CC(OC)OC)C(C)C. The maximum absolute atomic E-state index is 11.6. The van der Waals surface area contributed by atoms with Crippen LogP contribution in [-0.2, 0) is 19.0 Å². The second-order valence-electron chi connectivity index (χ2n) is 3.79. The van der Waals surface area contributed by atoms with Gasteiger partial charge in [-0.1, -0.05) is 13.8 Å². The van der Waals surface area contributed by atoms with Gasteiger partial charge in [-0.25, -0.2) is 0 Å². The van der Waals surface area contributed by atoms with Crippen molar-refractivity contribution in [1.82, 2.24) is 0 Å². The summed E-state index contributed by atoms with van der Waals surface area (Å²) in [7, 11) is 4.33. The zero-order valence-corrected chi connectivity index (χ0v) is 10.1. The van der Waals surface area contributed by atoms with Crippen molar-refractivity contribution in [3.63, 3.8) is 0 Å². The number of hydrogen-bond donors (Lipinski definition) is 1. The van der Waals surface area contributed by atoms with E-state index >= 15 is 0 Å². The van der Waals surface area contributed by atoms with Gasteiger partial charge in [-0.2, -0.15) is 0 Å². The third-order valence-corrected chi connectivity index (χ3v) is 2.63. The summed E-state index contributed by atoms with van der Waals surface area (Å²) in [4.78, 5) is 11.6. The van der Waals surface area contributed by atoms with Crippen molar-refractivity contribution in [2.75, 3.05) is 21.3 Å². The van der Waals surface area contributed by atoms with Crippen LogP contribution in [0.15, 0.2) is 0 Å². The molecule has 0 fully saturated rings. The van der Waals surface area contributed by atoms with E-state index in [1.54, 1.807) is 0 Å². The molecule has 0 aromatic rings. The van der Waals surface area contributed by atoms with E-state index < -0.39 is 17.8 Å². The largest absolute Gasteiger partial charge is 0.468 e. The minimum Gasteiger partial charge on any atom is -0.468 e. The first kappa shape index (κ1) is 14.3. The lowest BCUT2D eigenvalue weighted by Gasteiger charge is -2.32. The van der Waals surface area contributed by atoms with Gasteiger partial charge in [0.25, 0.3) is 0 Å². The Balaban J connectivity index is 4.72. The van der Waals surface area contributed by atoms with Crippen molar-refractivity contribution >= 4 is 5.97 Å². The number of esters is 1. The molecule has 5 nitrogen and oxygen atoms in total. The highest BCUT2D eigenvalue weighted by molar-refractivity contribution is 5.80. The van der Waals surface area contributed by atoms with Gasteiger partial charge in [-0.05, 0) is 5.92 Å². The van der Waals surface area contributed by atoms with Gasteiger partial charge in [0.05, 0.1) is 7.11 Å². The number of carbonyl (C=O) groups excluding carboxylic acids is 1. The van der Waals surface area contributed by atoms with Crippen LogP contribution in [0.3, 0.4) is 0 Å². The molecule has 0 amide bonds. The van der Waals surface area contributed by atoms with Gasteiger partial charge in [-0.3, -0.25) is 4.79 Å². The molecule has 0 saturated carbocycles. The van der Waals surface area contributed by atoms with E-state index in [9.17, 15) is 4.79 Å². The molecule has 0 aliphatic carbocycles. The van der Waals surface area contributed by atoms with Crippen LogP contribution in [0.1, 0.15) is 20.3 Å². The Morgan fingerprint density at radius 1 is 1.27 bits per heavy atom. The summed E-state index contributed by atoms with van der Waals surface area (Å²) in [5, 5.41) is 0. The molecule has 15 heavy (non-hydrogen) atoms. The maximum atomic E-state index is 11.6. The molecule has 0 radical (unpaired) electrons. The van der Waals surface area contributed by atoms with E-state index in [-0.39, 0.29) is 12.3 Å². The molecule has 0 aromatic heterocycles. The van der Waals surface area contributed by atoms with E-state index in [0.29, 0.717) is 0 Å². The highest BCUT2D eigenvalue weighted by Gasteiger charge is 2.41. The van der Waals surface area contributed by atoms with Crippen molar-refractivity contribution < 1.29 is 19.0 Å². The van der Waals surface area contributed by atoms with Crippen LogP contribution in [0.2, 0.25) is 0 Å². The fourth-order valence-corrected chi connectivity index (χ4v) is 1.28. The van der Waals surface area contributed by atoms with Crippen LogP contribution in [0.4, 0.5) is 0 Å². The Morgan fingerprint density at radius 3 is 2.00 bits per heavy atom. The number of methoxy groups -OCH3 is 3. The van der Waals surface area contributed by atoms with E-state index in [2.05, 4.69) is 0 Å². The summed E-state index contributed by atoms with van der Waals surface area (Å²) in [6, 6.07) is 0. The average molecular weight is 219 g/mol. The second-order valence-corrected chi connectivity index (χ2v) is 3.79. The smallest absolute Gasteiger partial charge is 0.326 e. The zero-order chi connectivity index (χ0) is 12.1. The Labute approximate surface area is 90.9 Å². The van der Waals surface area contributed by atoms with Crippen LogP contribution in [0.5, 0.6) is 0 Å². The van der Waals surface area contributed by atoms with E-state index in [0.717, 1.165) is 0 Å². The first-order valence-electron chi connectivity index (χ1n) is 4.85. The van der Waals surface area contributed by atoms with Gasteiger partial charge >= 0.3 is 5.97 Å². The number of carbonyl (C=O) groups is 1. The molecule has 90 valence electrons. The summed E-state index contributed by atoms with van der Waals surface area (Å²) >= 11 is 0. The van der Waals surface area contributed by atoms with Gasteiger partial charge in [0.2, 0.25) is 0 Å². The van der Waals surface area contributed by atoms with Gasteiger partial charge in [-0.15, -0.1) is 0 Å². The highest BCUT2D eigenvalue weighted by Crippen LogP contribution is 2.23. The summed E-state index contributed by atoms with van der Waals surface area (Å²) in [6.45, 7) is 3.72. The Bertz CT molecular complexity index is 204. The minimum atomic E-state index is -1.08. The van der Waals surface area contributed by atoms with Gasteiger partial charge in [0, 0.05) is 20.6 Å². The third-order valence-electron chi connectivity index (χ3n) is 2.63. The second kappa shape index (κ2) is 6.05. The Morgan fingerprint density at radius 2 is 1.73 bits per heavy atom. The predicted octanol–water partition coefficient (Wildman–Crippen LogP) is 0.522. The number of rotatable bonds is 6. The molecule has 0 unspecified atom stereocenters. The molecule has 1 atom stereocenters. The van der Waals surface area contributed by atoms with Crippen molar-refractivity contribution in [2.24, 2.45) is 11.7 Å². The zero-order valence-electron chi connectivity index (χ0n) is 10.1. The van der Waals surface area contributed by atoms with E-state index in [1.807, 2.05) is 13.8 Å². The van der Waals surface area contributed by atoms with Crippen molar-refractivity contribution in [2.45, 2.75) is 32.1 Å². The number of hydrogen-bond acceptors (Lipinski definition) is 5.